The highest BCUT2D eigenvalue weighted by Gasteiger charge is 2.35. The van der Waals surface area contributed by atoms with Crippen LogP contribution in [0.1, 0.15) is 5.56 Å². The van der Waals surface area contributed by atoms with E-state index in [1.807, 2.05) is 24.3 Å². The van der Waals surface area contributed by atoms with E-state index in [0.29, 0.717) is 28.5 Å². The largest absolute Gasteiger partial charge is 0.497 e. The average molecular weight is 461 g/mol. The molecule has 1 aliphatic heterocycles. The van der Waals surface area contributed by atoms with Crippen molar-refractivity contribution >= 4 is 40.4 Å². The van der Waals surface area contributed by atoms with Crippen LogP contribution in [0.2, 0.25) is 0 Å². The molecule has 2 N–H and O–H groups in total. The number of hydrogen-bond donors (Lipinski definition) is 2. The molecule has 4 rings (SSSR count). The number of hydrogen-bond acceptors (Lipinski definition) is 6. The second-order valence-corrected chi connectivity index (χ2v) is 7.40. The Morgan fingerprint density at radius 2 is 1.71 bits per heavy atom. The minimum atomic E-state index is -0.691. The van der Waals surface area contributed by atoms with E-state index in [1.165, 1.54) is 14.2 Å². The van der Waals surface area contributed by atoms with E-state index >= 15 is 0 Å². The van der Waals surface area contributed by atoms with Crippen LogP contribution in [0.5, 0.6) is 17.2 Å². The number of nitrogens with one attached hydrogen (secondary N) is 2. The molecule has 34 heavy (non-hydrogen) atoms. The first-order valence-corrected chi connectivity index (χ1v) is 10.4. The van der Waals surface area contributed by atoms with Crippen molar-refractivity contribution in [2.45, 2.75) is 0 Å². The number of carbonyl (C=O) groups is 3. The van der Waals surface area contributed by atoms with Crippen molar-refractivity contribution in [3.63, 3.8) is 0 Å². The summed E-state index contributed by atoms with van der Waals surface area (Å²) < 4.78 is 16.0. The summed E-state index contributed by atoms with van der Waals surface area (Å²) in [7, 11) is 4.57. The SMILES string of the molecule is COc1ccc2ccc(OC)c(/C=C3/NC(=O)N(CC(=O)Nc4ccccc4OC)C3=O)c2c1. The average Bonchev–Trinajstić information content (AvgIpc) is 3.11. The van der Waals surface area contributed by atoms with Crippen LogP contribution in [0.4, 0.5) is 10.5 Å². The van der Waals surface area contributed by atoms with Gasteiger partial charge in [0.25, 0.3) is 5.91 Å². The van der Waals surface area contributed by atoms with Gasteiger partial charge in [0.2, 0.25) is 5.91 Å². The van der Waals surface area contributed by atoms with Crippen LogP contribution in [-0.4, -0.2) is 50.6 Å². The molecule has 0 saturated carbocycles. The summed E-state index contributed by atoms with van der Waals surface area (Å²) in [6.07, 6.45) is 1.54. The molecule has 4 amide bonds. The molecule has 0 spiro atoms. The van der Waals surface area contributed by atoms with Crippen LogP contribution in [0.25, 0.3) is 16.8 Å². The lowest BCUT2D eigenvalue weighted by molar-refractivity contribution is -0.127. The van der Waals surface area contributed by atoms with Crippen LogP contribution >= 0.6 is 0 Å². The molecular formula is C25H23N3O6. The second kappa shape index (κ2) is 9.53. The molecule has 0 aliphatic carbocycles. The van der Waals surface area contributed by atoms with Gasteiger partial charge in [-0.25, -0.2) is 9.69 Å². The molecule has 9 heteroatoms. The van der Waals surface area contributed by atoms with Gasteiger partial charge in [0, 0.05) is 5.56 Å². The molecular weight excluding hydrogens is 438 g/mol. The molecule has 0 aromatic heterocycles. The van der Waals surface area contributed by atoms with Crippen molar-refractivity contribution in [1.82, 2.24) is 10.2 Å². The molecule has 3 aromatic rings. The van der Waals surface area contributed by atoms with Gasteiger partial charge < -0.3 is 24.8 Å². The van der Waals surface area contributed by atoms with E-state index < -0.39 is 24.4 Å². The van der Waals surface area contributed by atoms with Crippen molar-refractivity contribution in [2.24, 2.45) is 0 Å². The summed E-state index contributed by atoms with van der Waals surface area (Å²) >= 11 is 0. The predicted molar refractivity (Wildman–Crippen MR) is 127 cm³/mol. The van der Waals surface area contributed by atoms with Crippen molar-refractivity contribution in [3.8, 4) is 17.2 Å². The van der Waals surface area contributed by atoms with E-state index in [9.17, 15) is 14.4 Å². The van der Waals surface area contributed by atoms with Crippen molar-refractivity contribution < 1.29 is 28.6 Å². The Labute approximate surface area is 195 Å². The van der Waals surface area contributed by atoms with Crippen LogP contribution in [-0.2, 0) is 9.59 Å². The topological polar surface area (TPSA) is 106 Å². The normalized spacial score (nSPS) is 14.3. The number of rotatable bonds is 7. The van der Waals surface area contributed by atoms with Gasteiger partial charge in [-0.1, -0.05) is 24.3 Å². The monoisotopic (exact) mass is 461 g/mol. The van der Waals surface area contributed by atoms with Gasteiger partial charge in [0.1, 0.15) is 29.5 Å². The Balaban J connectivity index is 1.61. The lowest BCUT2D eigenvalue weighted by atomic mass is 10.0. The fourth-order valence-electron chi connectivity index (χ4n) is 3.70. The first kappa shape index (κ1) is 22.7. The quantitative estimate of drug-likeness (QED) is 0.413. The number of imide groups is 1. The predicted octanol–water partition coefficient (Wildman–Crippen LogP) is 3.40. The number of benzene rings is 3. The van der Waals surface area contributed by atoms with E-state index in [0.717, 1.165) is 15.7 Å². The van der Waals surface area contributed by atoms with Crippen LogP contribution in [0.3, 0.4) is 0 Å². The maximum absolute atomic E-state index is 13.0. The number of amides is 4. The number of carbonyl (C=O) groups excluding carboxylic acids is 3. The molecule has 0 bridgehead atoms. The maximum Gasteiger partial charge on any atom is 0.329 e. The first-order chi connectivity index (χ1) is 16.4. The minimum absolute atomic E-state index is 0.0312. The van der Waals surface area contributed by atoms with Gasteiger partial charge in [-0.3, -0.25) is 9.59 Å². The number of para-hydroxylation sites is 2. The van der Waals surface area contributed by atoms with Crippen LogP contribution < -0.4 is 24.8 Å². The van der Waals surface area contributed by atoms with E-state index in [4.69, 9.17) is 14.2 Å². The molecule has 0 radical (unpaired) electrons. The summed E-state index contributed by atoms with van der Waals surface area (Å²) in [4.78, 5) is 38.9. The molecule has 174 valence electrons. The molecule has 1 aliphatic rings. The van der Waals surface area contributed by atoms with Gasteiger partial charge in [0.15, 0.2) is 0 Å². The molecule has 0 unspecified atom stereocenters. The summed E-state index contributed by atoms with van der Waals surface area (Å²) in [6.45, 7) is -0.458. The fraction of sp³-hybridized carbons (Fsp3) is 0.160. The van der Waals surface area contributed by atoms with Gasteiger partial charge in [-0.2, -0.15) is 0 Å². The summed E-state index contributed by atoms with van der Waals surface area (Å²) in [5.74, 6) is 0.454. The van der Waals surface area contributed by atoms with Crippen LogP contribution in [0.15, 0.2) is 60.3 Å². The Kier molecular flexibility index (Phi) is 6.35. The summed E-state index contributed by atoms with van der Waals surface area (Å²) in [5, 5.41) is 6.88. The molecule has 1 saturated heterocycles. The zero-order valence-electron chi connectivity index (χ0n) is 18.9. The number of urea groups is 1. The van der Waals surface area contributed by atoms with E-state index in [2.05, 4.69) is 10.6 Å². The first-order valence-electron chi connectivity index (χ1n) is 10.4. The summed E-state index contributed by atoms with van der Waals surface area (Å²) in [6, 6.07) is 15.4. The standard InChI is InChI=1S/C25H23N3O6/c1-32-16-10-8-15-9-11-21(33-2)18(17(15)12-16)13-20-24(30)28(25(31)27-20)14-23(29)26-19-6-4-5-7-22(19)34-3/h4-13H,14H2,1-3H3,(H,26,29)(H,27,31)/b20-13+. The highest BCUT2D eigenvalue weighted by Crippen LogP contribution is 2.33. The number of nitrogens with zero attached hydrogens (tertiary/aromatic N) is 1. The van der Waals surface area contributed by atoms with Crippen molar-refractivity contribution in [3.05, 3.63) is 65.9 Å². The molecule has 1 fully saturated rings. The van der Waals surface area contributed by atoms with Crippen LogP contribution in [0, 0.1) is 0 Å². The van der Waals surface area contributed by atoms with Crippen molar-refractivity contribution in [2.75, 3.05) is 33.2 Å². The third kappa shape index (κ3) is 4.36. The highest BCUT2D eigenvalue weighted by atomic mass is 16.5. The van der Waals surface area contributed by atoms with Gasteiger partial charge in [-0.05, 0) is 47.2 Å². The molecule has 9 nitrogen and oxygen atoms in total. The smallest absolute Gasteiger partial charge is 0.329 e. The number of methoxy groups -OCH3 is 3. The second-order valence-electron chi connectivity index (χ2n) is 7.40. The fourth-order valence-corrected chi connectivity index (χ4v) is 3.70. The van der Waals surface area contributed by atoms with Gasteiger partial charge in [0.05, 0.1) is 27.0 Å². The third-order valence-corrected chi connectivity index (χ3v) is 5.38. The Bertz CT molecular complexity index is 1310. The Hall–Kier alpha value is -4.53. The number of anilines is 1. The van der Waals surface area contributed by atoms with Crippen molar-refractivity contribution in [1.29, 1.82) is 0 Å². The maximum atomic E-state index is 13.0. The van der Waals surface area contributed by atoms with Gasteiger partial charge in [-0.15, -0.1) is 0 Å². The van der Waals surface area contributed by atoms with E-state index in [-0.39, 0.29) is 5.70 Å². The molecule has 0 atom stereocenters. The highest BCUT2D eigenvalue weighted by molar-refractivity contribution is 6.16. The Morgan fingerprint density at radius 3 is 2.44 bits per heavy atom. The number of ether oxygens (including phenoxy) is 3. The zero-order chi connectivity index (χ0) is 24.2. The number of fused-ring (bicyclic) bond motifs is 1. The summed E-state index contributed by atoms with van der Waals surface area (Å²) in [5.41, 5.74) is 1.07. The molecule has 1 heterocycles. The molecule has 3 aromatic carbocycles. The lowest BCUT2D eigenvalue weighted by Gasteiger charge is -2.13. The van der Waals surface area contributed by atoms with E-state index in [1.54, 1.807) is 43.5 Å². The van der Waals surface area contributed by atoms with Gasteiger partial charge >= 0.3 is 6.03 Å². The zero-order valence-corrected chi connectivity index (χ0v) is 18.9. The Morgan fingerprint density at radius 1 is 0.971 bits per heavy atom. The third-order valence-electron chi connectivity index (χ3n) is 5.38. The lowest BCUT2D eigenvalue weighted by Crippen LogP contribution is -2.38. The minimum Gasteiger partial charge on any atom is -0.497 e.